The van der Waals surface area contributed by atoms with Crippen LogP contribution in [0.2, 0.25) is 0 Å². The van der Waals surface area contributed by atoms with Gasteiger partial charge in [-0.05, 0) is 39.3 Å². The molecule has 2 aliphatic heterocycles. The average Bonchev–Trinajstić information content (AvgIpc) is 3.43. The van der Waals surface area contributed by atoms with E-state index in [4.69, 9.17) is 0 Å². The van der Waals surface area contributed by atoms with E-state index in [0.29, 0.717) is 24.6 Å². The zero-order valence-electron chi connectivity index (χ0n) is 19.6. The van der Waals surface area contributed by atoms with Crippen LogP contribution in [-0.2, 0) is 19.8 Å². The van der Waals surface area contributed by atoms with Gasteiger partial charge in [-0.25, -0.2) is 4.98 Å². The number of anilines is 1. The molecule has 2 aliphatic rings. The van der Waals surface area contributed by atoms with Crippen molar-refractivity contribution in [2.24, 2.45) is 5.92 Å². The van der Waals surface area contributed by atoms with Crippen LogP contribution in [0.15, 0.2) is 24.3 Å². The van der Waals surface area contributed by atoms with Crippen molar-refractivity contribution in [2.45, 2.75) is 52.2 Å². The number of rotatable bonds is 7. The third-order valence-electron chi connectivity index (χ3n) is 6.66. The lowest BCUT2D eigenvalue weighted by Gasteiger charge is -2.31. The Morgan fingerprint density at radius 2 is 2.00 bits per heavy atom. The van der Waals surface area contributed by atoms with E-state index in [-0.39, 0.29) is 30.4 Å². The minimum Gasteiger partial charge on any atom is -0.339 e. The summed E-state index contributed by atoms with van der Waals surface area (Å²) in [4.78, 5) is 33.9. The van der Waals surface area contributed by atoms with Gasteiger partial charge >= 0.3 is 0 Å². The summed E-state index contributed by atoms with van der Waals surface area (Å²) < 4.78 is 30.4. The van der Waals surface area contributed by atoms with E-state index in [2.05, 4.69) is 4.98 Å². The maximum atomic E-state index is 13.5. The van der Waals surface area contributed by atoms with Gasteiger partial charge in [-0.2, -0.15) is 17.0 Å². The quantitative estimate of drug-likeness (QED) is 0.589. The highest BCUT2D eigenvalue weighted by Gasteiger charge is 2.56. The van der Waals surface area contributed by atoms with E-state index in [9.17, 15) is 18.0 Å². The molecule has 2 fully saturated rings. The van der Waals surface area contributed by atoms with Crippen LogP contribution in [0.1, 0.15) is 34.1 Å². The average molecular weight is 494 g/mol. The van der Waals surface area contributed by atoms with Crippen molar-refractivity contribution in [1.29, 1.82) is 0 Å². The lowest BCUT2D eigenvalue weighted by molar-refractivity contribution is -0.132. The number of likely N-dealkylation sites (N-methyl/N-ethyl adjacent to an activating group) is 2. The summed E-state index contributed by atoms with van der Waals surface area (Å²) >= 11 is 1.45. The third-order valence-corrected chi connectivity index (χ3v) is 9.64. The van der Waals surface area contributed by atoms with Crippen LogP contribution in [-0.4, -0.2) is 83.5 Å². The molecule has 0 saturated carbocycles. The summed E-state index contributed by atoms with van der Waals surface area (Å²) in [6.45, 7) is 8.06. The Kier molecular flexibility index (Phi) is 6.51. The first-order valence-electron chi connectivity index (χ1n) is 11.3. The largest absolute Gasteiger partial charge is 0.339 e. The number of nitrogens with zero attached hydrogens (tertiary/aromatic N) is 5. The molecule has 33 heavy (non-hydrogen) atoms. The first-order valence-corrected chi connectivity index (χ1v) is 13.5. The Labute approximate surface area is 199 Å². The molecule has 0 spiro atoms. The molecule has 9 nitrogen and oxygen atoms in total. The van der Waals surface area contributed by atoms with Crippen molar-refractivity contribution < 1.29 is 18.0 Å². The highest BCUT2D eigenvalue weighted by molar-refractivity contribution is 7.86. The number of hydrogen-bond acceptors (Lipinski definition) is 6. The van der Waals surface area contributed by atoms with Crippen LogP contribution in [0.5, 0.6) is 0 Å². The lowest BCUT2D eigenvalue weighted by atomic mass is 10.0. The van der Waals surface area contributed by atoms with Crippen molar-refractivity contribution in [3.05, 3.63) is 24.3 Å². The van der Waals surface area contributed by atoms with Gasteiger partial charge in [0, 0.05) is 26.2 Å². The van der Waals surface area contributed by atoms with Crippen LogP contribution in [0.25, 0.3) is 10.2 Å². The lowest BCUT2D eigenvalue weighted by Crippen LogP contribution is -2.51. The smallest absolute Gasteiger partial charge is 0.282 e. The molecule has 3 heterocycles. The molecule has 0 radical (unpaired) electrons. The van der Waals surface area contributed by atoms with Gasteiger partial charge in [-0.15, -0.1) is 0 Å². The number of benzene rings is 1. The van der Waals surface area contributed by atoms with Crippen LogP contribution >= 0.6 is 11.3 Å². The Bertz CT molecular complexity index is 1130. The molecule has 180 valence electrons. The van der Waals surface area contributed by atoms with Gasteiger partial charge in [-0.3, -0.25) is 14.5 Å². The van der Waals surface area contributed by atoms with Crippen LogP contribution in [0, 0.1) is 5.92 Å². The molecule has 0 aliphatic carbocycles. The third kappa shape index (κ3) is 4.05. The van der Waals surface area contributed by atoms with Gasteiger partial charge in [-0.1, -0.05) is 30.4 Å². The van der Waals surface area contributed by atoms with Gasteiger partial charge in [0.05, 0.1) is 34.8 Å². The van der Waals surface area contributed by atoms with Gasteiger partial charge in [0.2, 0.25) is 11.8 Å². The molecular formula is C22H31N5O4S2. The molecule has 0 bridgehead atoms. The normalized spacial score (nSPS) is 23.8. The van der Waals surface area contributed by atoms with Gasteiger partial charge in [0.15, 0.2) is 5.13 Å². The molecule has 11 heteroatoms. The van der Waals surface area contributed by atoms with E-state index in [1.807, 2.05) is 45.0 Å². The Balaban J connectivity index is 1.57. The second-order valence-corrected chi connectivity index (χ2v) is 12.0. The minimum absolute atomic E-state index is 0.00962. The standard InChI is InChI=1S/C22H31N5O4S2/c1-6-25(14(2)3)19(28)13-24(5)33(30,31)26-12-11-17-20(26)15(4)21(29)27(17)22-23-16-9-7-8-10-18(16)32-22/h7-10,14-15,17,20H,6,11-13H2,1-5H3/t15-,17-,20+/m0/s1. The molecule has 0 unspecified atom stereocenters. The van der Waals surface area contributed by atoms with Gasteiger partial charge in [0.25, 0.3) is 10.2 Å². The maximum absolute atomic E-state index is 13.5. The number of amides is 2. The van der Waals surface area contributed by atoms with Crippen molar-refractivity contribution in [3.8, 4) is 0 Å². The fraction of sp³-hybridized carbons (Fsp3) is 0.591. The SMILES string of the molecule is CCN(C(=O)CN(C)S(=O)(=O)N1CC[C@H]2[C@H]1[C@H](C)C(=O)N2c1nc2ccccc2s1)C(C)C. The number of carbonyl (C=O) groups excluding carboxylic acids is 2. The maximum Gasteiger partial charge on any atom is 0.282 e. The van der Waals surface area contributed by atoms with Gasteiger partial charge in [0.1, 0.15) is 0 Å². The second-order valence-electron chi connectivity index (χ2n) is 8.96. The van der Waals surface area contributed by atoms with Crippen molar-refractivity contribution >= 4 is 48.7 Å². The Morgan fingerprint density at radius 1 is 1.30 bits per heavy atom. The topological polar surface area (TPSA) is 94.1 Å². The van der Waals surface area contributed by atoms with Crippen LogP contribution in [0.4, 0.5) is 5.13 Å². The molecule has 3 atom stereocenters. The number of thiazole rings is 1. The van der Waals surface area contributed by atoms with Crippen molar-refractivity contribution in [3.63, 3.8) is 0 Å². The highest BCUT2D eigenvalue weighted by Crippen LogP contribution is 2.42. The fourth-order valence-corrected chi connectivity index (χ4v) is 7.63. The van der Waals surface area contributed by atoms with E-state index in [0.717, 1.165) is 14.5 Å². The summed E-state index contributed by atoms with van der Waals surface area (Å²) in [6, 6.07) is 6.94. The minimum atomic E-state index is -3.92. The van der Waals surface area contributed by atoms with Crippen molar-refractivity contribution in [2.75, 3.05) is 31.6 Å². The molecule has 2 amide bonds. The number of fused-ring (bicyclic) bond motifs is 2. The fourth-order valence-electron chi connectivity index (χ4n) is 5.00. The van der Waals surface area contributed by atoms with E-state index >= 15 is 0 Å². The Morgan fingerprint density at radius 3 is 2.64 bits per heavy atom. The monoisotopic (exact) mass is 493 g/mol. The first kappa shape index (κ1) is 24.1. The molecule has 2 aromatic rings. The number of carbonyl (C=O) groups is 2. The predicted octanol–water partition coefficient (Wildman–Crippen LogP) is 2.16. The van der Waals surface area contributed by atoms with Crippen molar-refractivity contribution in [1.82, 2.24) is 18.5 Å². The summed E-state index contributed by atoms with van der Waals surface area (Å²) in [5.74, 6) is -0.841. The number of aromatic nitrogens is 1. The summed E-state index contributed by atoms with van der Waals surface area (Å²) in [7, 11) is -2.49. The molecule has 0 N–H and O–H groups in total. The highest BCUT2D eigenvalue weighted by atomic mass is 32.2. The van der Waals surface area contributed by atoms with E-state index in [1.165, 1.54) is 22.7 Å². The Hall–Kier alpha value is -2.08. The second kappa shape index (κ2) is 8.94. The van der Waals surface area contributed by atoms with Gasteiger partial charge < -0.3 is 4.90 Å². The summed E-state index contributed by atoms with van der Waals surface area (Å²) in [5, 5.41) is 0.610. The molecular weight excluding hydrogens is 462 g/mol. The molecule has 4 rings (SSSR count). The van der Waals surface area contributed by atoms with Crippen LogP contribution in [0.3, 0.4) is 0 Å². The summed E-state index contributed by atoms with van der Waals surface area (Å²) in [5.41, 5.74) is 0.827. The summed E-state index contributed by atoms with van der Waals surface area (Å²) in [6.07, 6.45) is 0.533. The molecule has 2 saturated heterocycles. The number of para-hydroxylation sites is 1. The van der Waals surface area contributed by atoms with Crippen LogP contribution < -0.4 is 4.90 Å². The van der Waals surface area contributed by atoms with E-state index in [1.54, 1.807) is 16.7 Å². The number of hydrogen-bond donors (Lipinski definition) is 0. The predicted molar refractivity (Wildman–Crippen MR) is 129 cm³/mol. The first-order chi connectivity index (χ1) is 15.6. The molecule has 1 aromatic heterocycles. The zero-order chi connectivity index (χ0) is 24.1. The zero-order valence-corrected chi connectivity index (χ0v) is 21.3. The molecule has 1 aromatic carbocycles. The van der Waals surface area contributed by atoms with E-state index < -0.39 is 22.2 Å².